The van der Waals surface area contributed by atoms with Crippen molar-refractivity contribution in [3.05, 3.63) is 51.7 Å². The largest absolute Gasteiger partial charge is 0.382 e. The first kappa shape index (κ1) is 15.6. The normalized spacial score (nSPS) is 15.5. The smallest absolute Gasteiger partial charge is 0.255 e. The Balaban J connectivity index is 1.87. The summed E-state index contributed by atoms with van der Waals surface area (Å²) in [5, 5.41) is 6.52. The SMILES string of the molecule is COCC(Nc1nc2c(c(=O)[nH]1)CCNCC2)c1ccccn1. The topological polar surface area (TPSA) is 91.9 Å². The number of fused-ring (bicyclic) bond motifs is 1. The van der Waals surface area contributed by atoms with Crippen molar-refractivity contribution in [2.75, 3.05) is 32.1 Å². The molecule has 0 saturated carbocycles. The Morgan fingerprint density at radius 2 is 2.22 bits per heavy atom. The van der Waals surface area contributed by atoms with E-state index in [1.807, 2.05) is 18.2 Å². The van der Waals surface area contributed by atoms with E-state index in [4.69, 9.17) is 4.74 Å². The van der Waals surface area contributed by atoms with E-state index >= 15 is 0 Å². The Hall–Kier alpha value is -2.25. The number of aromatic amines is 1. The molecule has 7 heteroatoms. The number of rotatable bonds is 5. The van der Waals surface area contributed by atoms with Gasteiger partial charge >= 0.3 is 0 Å². The fourth-order valence-electron chi connectivity index (χ4n) is 2.74. The lowest BCUT2D eigenvalue weighted by atomic mass is 10.1. The zero-order valence-electron chi connectivity index (χ0n) is 13.1. The minimum atomic E-state index is -0.175. The Kier molecular flexibility index (Phi) is 4.99. The van der Waals surface area contributed by atoms with Crippen molar-refractivity contribution in [3.8, 4) is 0 Å². The Morgan fingerprint density at radius 1 is 1.35 bits per heavy atom. The standard InChI is InChI=1S/C16H21N5O2/c1-23-10-14(13-4-2-3-7-18-13)20-16-19-12-6-9-17-8-5-11(12)15(22)21-16/h2-4,7,14,17H,5-6,8-10H2,1H3,(H2,19,20,21,22). The number of hydrogen-bond acceptors (Lipinski definition) is 6. The molecule has 2 aromatic rings. The van der Waals surface area contributed by atoms with Crippen molar-refractivity contribution in [1.82, 2.24) is 20.3 Å². The highest BCUT2D eigenvalue weighted by atomic mass is 16.5. The van der Waals surface area contributed by atoms with E-state index < -0.39 is 0 Å². The average Bonchev–Trinajstić information content (AvgIpc) is 2.81. The lowest BCUT2D eigenvalue weighted by molar-refractivity contribution is 0.185. The summed E-state index contributed by atoms with van der Waals surface area (Å²) in [6, 6.07) is 5.53. The Labute approximate surface area is 134 Å². The molecule has 0 aliphatic carbocycles. The van der Waals surface area contributed by atoms with Crippen molar-refractivity contribution < 1.29 is 4.74 Å². The van der Waals surface area contributed by atoms with Crippen molar-refractivity contribution >= 4 is 5.95 Å². The van der Waals surface area contributed by atoms with E-state index in [1.165, 1.54) is 0 Å². The van der Waals surface area contributed by atoms with E-state index in [1.54, 1.807) is 13.3 Å². The van der Waals surface area contributed by atoms with Gasteiger partial charge in [0.05, 0.1) is 24.0 Å². The number of anilines is 1. The second kappa shape index (κ2) is 7.34. The van der Waals surface area contributed by atoms with Crippen LogP contribution in [0.25, 0.3) is 0 Å². The first-order valence-corrected chi connectivity index (χ1v) is 7.77. The highest BCUT2D eigenvalue weighted by molar-refractivity contribution is 5.33. The fourth-order valence-corrected chi connectivity index (χ4v) is 2.74. The number of nitrogens with one attached hydrogen (secondary N) is 3. The van der Waals surface area contributed by atoms with Gasteiger partial charge in [0.15, 0.2) is 0 Å². The van der Waals surface area contributed by atoms with Gasteiger partial charge in [0.25, 0.3) is 5.56 Å². The van der Waals surface area contributed by atoms with Gasteiger partial charge in [-0.2, -0.15) is 0 Å². The molecule has 7 nitrogen and oxygen atoms in total. The van der Waals surface area contributed by atoms with Gasteiger partial charge in [0.1, 0.15) is 0 Å². The second-order valence-corrected chi connectivity index (χ2v) is 5.50. The van der Waals surface area contributed by atoms with Gasteiger partial charge in [-0.05, 0) is 25.1 Å². The highest BCUT2D eigenvalue weighted by Crippen LogP contribution is 2.16. The molecule has 0 fully saturated rings. The van der Waals surface area contributed by atoms with Gasteiger partial charge in [-0.3, -0.25) is 14.8 Å². The van der Waals surface area contributed by atoms with Crippen LogP contribution in [0.1, 0.15) is 23.0 Å². The molecule has 3 N–H and O–H groups in total. The third kappa shape index (κ3) is 3.75. The summed E-state index contributed by atoms with van der Waals surface area (Å²) in [4.78, 5) is 24.1. The van der Waals surface area contributed by atoms with Crippen LogP contribution in [0, 0.1) is 0 Å². The van der Waals surface area contributed by atoms with Crippen LogP contribution in [0.4, 0.5) is 5.95 Å². The molecule has 0 bridgehead atoms. The third-order valence-corrected chi connectivity index (χ3v) is 3.88. The zero-order valence-corrected chi connectivity index (χ0v) is 13.1. The third-order valence-electron chi connectivity index (χ3n) is 3.88. The minimum absolute atomic E-state index is 0.0709. The van der Waals surface area contributed by atoms with Gasteiger partial charge in [0, 0.05) is 31.8 Å². The highest BCUT2D eigenvalue weighted by Gasteiger charge is 2.17. The van der Waals surface area contributed by atoms with Crippen molar-refractivity contribution in [3.63, 3.8) is 0 Å². The van der Waals surface area contributed by atoms with E-state index in [0.29, 0.717) is 19.0 Å². The van der Waals surface area contributed by atoms with Crippen LogP contribution in [0.15, 0.2) is 29.2 Å². The monoisotopic (exact) mass is 315 g/mol. The van der Waals surface area contributed by atoms with Crippen molar-refractivity contribution in [1.29, 1.82) is 0 Å². The van der Waals surface area contributed by atoms with Gasteiger partial charge in [-0.25, -0.2) is 4.98 Å². The fraction of sp³-hybridized carbons (Fsp3) is 0.438. The molecule has 1 atom stereocenters. The number of nitrogens with zero attached hydrogens (tertiary/aromatic N) is 2. The van der Waals surface area contributed by atoms with Gasteiger partial charge in [-0.15, -0.1) is 0 Å². The molecule has 23 heavy (non-hydrogen) atoms. The van der Waals surface area contributed by atoms with E-state index in [0.717, 1.165) is 36.5 Å². The van der Waals surface area contributed by atoms with E-state index in [2.05, 4.69) is 25.6 Å². The molecule has 3 rings (SSSR count). The molecule has 0 saturated heterocycles. The maximum atomic E-state index is 12.3. The van der Waals surface area contributed by atoms with Crippen LogP contribution in [0.2, 0.25) is 0 Å². The van der Waals surface area contributed by atoms with Crippen LogP contribution in [-0.4, -0.2) is 41.8 Å². The molecule has 0 radical (unpaired) electrons. The summed E-state index contributed by atoms with van der Waals surface area (Å²) >= 11 is 0. The summed E-state index contributed by atoms with van der Waals surface area (Å²) in [5.74, 6) is 0.461. The molecule has 122 valence electrons. The van der Waals surface area contributed by atoms with Crippen LogP contribution in [0.3, 0.4) is 0 Å². The lowest BCUT2D eigenvalue weighted by Crippen LogP contribution is -2.24. The maximum absolute atomic E-state index is 12.3. The first-order chi connectivity index (χ1) is 11.3. The van der Waals surface area contributed by atoms with Crippen LogP contribution >= 0.6 is 0 Å². The summed E-state index contributed by atoms with van der Waals surface area (Å²) in [6.07, 6.45) is 3.20. The molecule has 1 aliphatic heterocycles. The van der Waals surface area contributed by atoms with Gasteiger partial charge in [-0.1, -0.05) is 6.07 Å². The summed E-state index contributed by atoms with van der Waals surface area (Å²) < 4.78 is 5.26. The number of H-pyrrole nitrogens is 1. The number of methoxy groups -OCH3 is 1. The number of ether oxygens (including phenoxy) is 1. The second-order valence-electron chi connectivity index (χ2n) is 5.50. The van der Waals surface area contributed by atoms with Crippen LogP contribution in [-0.2, 0) is 17.6 Å². The summed E-state index contributed by atoms with van der Waals surface area (Å²) in [7, 11) is 1.64. The van der Waals surface area contributed by atoms with Crippen molar-refractivity contribution in [2.24, 2.45) is 0 Å². The zero-order chi connectivity index (χ0) is 16.1. The molecule has 1 unspecified atom stereocenters. The quantitative estimate of drug-likeness (QED) is 0.750. The average molecular weight is 315 g/mol. The van der Waals surface area contributed by atoms with Crippen molar-refractivity contribution in [2.45, 2.75) is 18.9 Å². The molecule has 3 heterocycles. The number of pyridine rings is 1. The van der Waals surface area contributed by atoms with Gasteiger partial charge in [0.2, 0.25) is 5.95 Å². The Bertz CT molecular complexity index is 701. The summed E-state index contributed by atoms with van der Waals surface area (Å²) in [5.41, 5.74) is 2.41. The van der Waals surface area contributed by atoms with Gasteiger partial charge < -0.3 is 15.4 Å². The van der Waals surface area contributed by atoms with Crippen LogP contribution < -0.4 is 16.2 Å². The minimum Gasteiger partial charge on any atom is -0.382 e. The first-order valence-electron chi connectivity index (χ1n) is 7.77. The van der Waals surface area contributed by atoms with E-state index in [-0.39, 0.29) is 11.6 Å². The Morgan fingerprint density at radius 3 is 3.00 bits per heavy atom. The molecule has 0 amide bonds. The number of hydrogen-bond donors (Lipinski definition) is 3. The molecule has 2 aromatic heterocycles. The predicted octanol–water partition coefficient (Wildman–Crippen LogP) is 0.653. The number of aromatic nitrogens is 3. The predicted molar refractivity (Wildman–Crippen MR) is 87.6 cm³/mol. The van der Waals surface area contributed by atoms with E-state index in [9.17, 15) is 4.79 Å². The molecule has 0 spiro atoms. The molecule has 0 aromatic carbocycles. The van der Waals surface area contributed by atoms with Crippen LogP contribution in [0.5, 0.6) is 0 Å². The lowest BCUT2D eigenvalue weighted by Gasteiger charge is -2.18. The molecular formula is C16H21N5O2. The maximum Gasteiger partial charge on any atom is 0.255 e. The molecule has 1 aliphatic rings. The summed E-state index contributed by atoms with van der Waals surface area (Å²) in [6.45, 7) is 2.08. The molecular weight excluding hydrogens is 294 g/mol.